The van der Waals surface area contributed by atoms with Crippen molar-refractivity contribution in [2.24, 2.45) is 5.92 Å². The number of hydrogen-bond acceptors (Lipinski definition) is 3. The Balaban J connectivity index is 3.12. The Hall–Kier alpha value is -0.120. The molecular weight excluding hydrogens is 166 g/mol. The van der Waals surface area contributed by atoms with Crippen LogP contribution in [0.3, 0.4) is 0 Å². The summed E-state index contributed by atoms with van der Waals surface area (Å²) in [6.45, 7) is 8.74. The summed E-state index contributed by atoms with van der Waals surface area (Å²) >= 11 is 0. The van der Waals surface area contributed by atoms with E-state index in [1.807, 2.05) is 0 Å². The van der Waals surface area contributed by atoms with E-state index in [1.54, 1.807) is 0 Å². The molecule has 13 heavy (non-hydrogen) atoms. The molecule has 0 saturated heterocycles. The van der Waals surface area contributed by atoms with Crippen molar-refractivity contribution in [1.82, 2.24) is 5.32 Å². The van der Waals surface area contributed by atoms with Crippen LogP contribution in [0.15, 0.2) is 0 Å². The van der Waals surface area contributed by atoms with Gasteiger partial charge in [0.1, 0.15) is 0 Å². The number of hydrogen-bond donors (Lipinski definition) is 2. The van der Waals surface area contributed by atoms with Crippen LogP contribution in [0.1, 0.15) is 27.2 Å². The first kappa shape index (κ1) is 12.9. The lowest BCUT2D eigenvalue weighted by Gasteiger charge is -2.15. The third kappa shape index (κ3) is 9.80. The van der Waals surface area contributed by atoms with Crippen LogP contribution in [0.25, 0.3) is 0 Å². The molecular formula is C10H23NO2. The minimum atomic E-state index is 0.113. The summed E-state index contributed by atoms with van der Waals surface area (Å²) in [6.07, 6.45) is 1.19. The SMILES string of the molecule is CC(C)CC(C)NCCOCCO. The molecule has 80 valence electrons. The summed E-state index contributed by atoms with van der Waals surface area (Å²) in [5, 5.41) is 11.8. The highest BCUT2D eigenvalue weighted by atomic mass is 16.5. The van der Waals surface area contributed by atoms with E-state index in [9.17, 15) is 0 Å². The van der Waals surface area contributed by atoms with E-state index in [4.69, 9.17) is 9.84 Å². The molecule has 3 heteroatoms. The number of rotatable bonds is 8. The molecule has 0 fully saturated rings. The van der Waals surface area contributed by atoms with Crippen molar-refractivity contribution in [1.29, 1.82) is 0 Å². The lowest BCUT2D eigenvalue weighted by atomic mass is 10.1. The molecule has 0 aromatic heterocycles. The van der Waals surface area contributed by atoms with Gasteiger partial charge in [0.15, 0.2) is 0 Å². The molecule has 0 rings (SSSR count). The van der Waals surface area contributed by atoms with Crippen LogP contribution in [0.4, 0.5) is 0 Å². The zero-order valence-electron chi connectivity index (χ0n) is 9.05. The maximum Gasteiger partial charge on any atom is 0.0698 e. The molecule has 0 saturated carbocycles. The van der Waals surface area contributed by atoms with Gasteiger partial charge in [-0.1, -0.05) is 13.8 Å². The van der Waals surface area contributed by atoms with Crippen LogP contribution >= 0.6 is 0 Å². The molecule has 0 aliphatic carbocycles. The van der Waals surface area contributed by atoms with Gasteiger partial charge < -0.3 is 15.2 Å². The van der Waals surface area contributed by atoms with Gasteiger partial charge in [-0.05, 0) is 19.3 Å². The molecule has 0 aromatic carbocycles. The van der Waals surface area contributed by atoms with Crippen LogP contribution in [0.2, 0.25) is 0 Å². The largest absolute Gasteiger partial charge is 0.394 e. The Morgan fingerprint density at radius 3 is 2.46 bits per heavy atom. The fraction of sp³-hybridized carbons (Fsp3) is 1.00. The second-order valence-corrected chi connectivity index (χ2v) is 3.82. The van der Waals surface area contributed by atoms with Crippen LogP contribution in [-0.4, -0.2) is 37.5 Å². The van der Waals surface area contributed by atoms with Gasteiger partial charge in [0, 0.05) is 12.6 Å². The number of aliphatic hydroxyl groups is 1. The highest BCUT2D eigenvalue weighted by Crippen LogP contribution is 2.02. The van der Waals surface area contributed by atoms with Crippen LogP contribution in [0.5, 0.6) is 0 Å². The van der Waals surface area contributed by atoms with Crippen molar-refractivity contribution < 1.29 is 9.84 Å². The third-order valence-electron chi connectivity index (χ3n) is 1.80. The van der Waals surface area contributed by atoms with E-state index >= 15 is 0 Å². The zero-order chi connectivity index (χ0) is 10.1. The summed E-state index contributed by atoms with van der Waals surface area (Å²) in [5.41, 5.74) is 0. The zero-order valence-corrected chi connectivity index (χ0v) is 9.05. The van der Waals surface area contributed by atoms with Crippen LogP contribution in [-0.2, 0) is 4.74 Å². The molecule has 3 nitrogen and oxygen atoms in total. The second-order valence-electron chi connectivity index (χ2n) is 3.82. The highest BCUT2D eigenvalue weighted by Gasteiger charge is 2.02. The molecule has 0 amide bonds. The third-order valence-corrected chi connectivity index (χ3v) is 1.80. The minimum Gasteiger partial charge on any atom is -0.394 e. The van der Waals surface area contributed by atoms with E-state index < -0.39 is 0 Å². The van der Waals surface area contributed by atoms with Crippen molar-refractivity contribution >= 4 is 0 Å². The van der Waals surface area contributed by atoms with E-state index in [2.05, 4.69) is 26.1 Å². The highest BCUT2D eigenvalue weighted by molar-refractivity contribution is 4.61. The van der Waals surface area contributed by atoms with Gasteiger partial charge in [0.2, 0.25) is 0 Å². The van der Waals surface area contributed by atoms with Gasteiger partial charge in [-0.15, -0.1) is 0 Å². The summed E-state index contributed by atoms with van der Waals surface area (Å²) in [5.74, 6) is 0.737. The Morgan fingerprint density at radius 1 is 1.23 bits per heavy atom. The molecule has 0 bridgehead atoms. The molecule has 1 unspecified atom stereocenters. The van der Waals surface area contributed by atoms with Crippen molar-refractivity contribution in [2.45, 2.75) is 33.2 Å². The van der Waals surface area contributed by atoms with Gasteiger partial charge >= 0.3 is 0 Å². The van der Waals surface area contributed by atoms with E-state index in [-0.39, 0.29) is 6.61 Å². The summed E-state index contributed by atoms with van der Waals surface area (Å²) in [7, 11) is 0. The number of ether oxygens (including phenoxy) is 1. The topological polar surface area (TPSA) is 41.5 Å². The molecule has 1 atom stereocenters. The van der Waals surface area contributed by atoms with E-state index in [0.29, 0.717) is 19.3 Å². The Morgan fingerprint density at radius 2 is 1.92 bits per heavy atom. The average molecular weight is 189 g/mol. The second kappa shape index (κ2) is 8.48. The maximum atomic E-state index is 8.45. The first-order valence-electron chi connectivity index (χ1n) is 5.08. The summed E-state index contributed by atoms with van der Waals surface area (Å²) < 4.78 is 5.13. The normalized spacial score (nSPS) is 13.6. The minimum absolute atomic E-state index is 0.113. The van der Waals surface area contributed by atoms with Gasteiger partial charge in [-0.3, -0.25) is 0 Å². The summed E-state index contributed by atoms with van der Waals surface area (Å²) in [6, 6.07) is 0.553. The Labute approximate surface area is 81.5 Å². The molecule has 0 aliphatic heterocycles. The standard InChI is InChI=1S/C10H23NO2/c1-9(2)8-10(3)11-4-6-13-7-5-12/h9-12H,4-8H2,1-3H3. The first-order valence-corrected chi connectivity index (χ1v) is 5.08. The smallest absolute Gasteiger partial charge is 0.0698 e. The van der Waals surface area contributed by atoms with Gasteiger partial charge in [-0.2, -0.15) is 0 Å². The van der Waals surface area contributed by atoms with Crippen molar-refractivity contribution in [3.63, 3.8) is 0 Å². The maximum absolute atomic E-state index is 8.45. The lowest BCUT2D eigenvalue weighted by molar-refractivity contribution is 0.0925. The van der Waals surface area contributed by atoms with Gasteiger partial charge in [0.25, 0.3) is 0 Å². The average Bonchev–Trinajstić information content (AvgIpc) is 2.02. The van der Waals surface area contributed by atoms with Crippen LogP contribution in [0, 0.1) is 5.92 Å². The molecule has 0 heterocycles. The van der Waals surface area contributed by atoms with Crippen molar-refractivity contribution in [3.8, 4) is 0 Å². The first-order chi connectivity index (χ1) is 6.16. The van der Waals surface area contributed by atoms with Gasteiger partial charge in [0.05, 0.1) is 19.8 Å². The van der Waals surface area contributed by atoms with E-state index in [1.165, 1.54) is 6.42 Å². The fourth-order valence-electron chi connectivity index (χ4n) is 1.33. The Kier molecular flexibility index (Phi) is 8.40. The predicted octanol–water partition coefficient (Wildman–Crippen LogP) is 1.02. The molecule has 0 radical (unpaired) electrons. The predicted molar refractivity (Wildman–Crippen MR) is 54.8 cm³/mol. The van der Waals surface area contributed by atoms with Crippen molar-refractivity contribution in [2.75, 3.05) is 26.4 Å². The monoisotopic (exact) mass is 189 g/mol. The molecule has 2 N–H and O–H groups in total. The van der Waals surface area contributed by atoms with Gasteiger partial charge in [-0.25, -0.2) is 0 Å². The molecule has 0 aliphatic rings. The molecule has 0 spiro atoms. The van der Waals surface area contributed by atoms with E-state index in [0.717, 1.165) is 12.5 Å². The molecule has 0 aromatic rings. The van der Waals surface area contributed by atoms with Crippen LogP contribution < -0.4 is 5.32 Å². The fourth-order valence-corrected chi connectivity index (χ4v) is 1.33. The number of nitrogens with one attached hydrogen (secondary N) is 1. The number of aliphatic hydroxyl groups excluding tert-OH is 1. The Bertz CT molecular complexity index is 107. The quantitative estimate of drug-likeness (QED) is 0.560. The van der Waals surface area contributed by atoms with Crippen molar-refractivity contribution in [3.05, 3.63) is 0 Å². The lowest BCUT2D eigenvalue weighted by Crippen LogP contribution is -2.30. The summed E-state index contributed by atoms with van der Waals surface area (Å²) in [4.78, 5) is 0.